The molecule has 0 unspecified atom stereocenters. The summed E-state index contributed by atoms with van der Waals surface area (Å²) in [5.74, 6) is -1.20. The van der Waals surface area contributed by atoms with Crippen LogP contribution in [-0.2, 0) is 9.47 Å². The van der Waals surface area contributed by atoms with E-state index < -0.39 is 11.9 Å². The molecule has 4 heteroatoms. The maximum Gasteiger partial charge on any atom is 0.339 e. The number of fused-ring (bicyclic) bond motifs is 2. The lowest BCUT2D eigenvalue weighted by atomic mass is 9.97. The largest absolute Gasteiger partial charge is 0.465 e. The molecule has 28 heavy (non-hydrogen) atoms. The Morgan fingerprint density at radius 3 is 1.39 bits per heavy atom. The summed E-state index contributed by atoms with van der Waals surface area (Å²) >= 11 is 0. The van der Waals surface area contributed by atoms with Crippen LogP contribution < -0.4 is 10.4 Å². The lowest BCUT2D eigenvalue weighted by Crippen LogP contribution is -2.16. The highest BCUT2D eigenvalue weighted by Crippen LogP contribution is 2.17. The van der Waals surface area contributed by atoms with Crippen LogP contribution in [0, 0.1) is 20.9 Å². The summed E-state index contributed by atoms with van der Waals surface area (Å²) in [5.41, 5.74) is 6.76. The fourth-order valence-electron chi connectivity index (χ4n) is 3.47. The van der Waals surface area contributed by atoms with E-state index in [-0.39, 0.29) is 11.1 Å². The van der Waals surface area contributed by atoms with Gasteiger partial charge in [-0.05, 0) is 33.0 Å². The van der Waals surface area contributed by atoms with E-state index in [0.29, 0.717) is 10.4 Å². The molecule has 0 amide bonds. The molecule has 2 aliphatic rings. The van der Waals surface area contributed by atoms with Crippen LogP contribution in [0.3, 0.4) is 0 Å². The van der Waals surface area contributed by atoms with Gasteiger partial charge in [0.2, 0.25) is 0 Å². The quantitative estimate of drug-likeness (QED) is 0.509. The molecule has 0 N–H and O–H groups in total. The Hall–Kier alpha value is -3.84. The van der Waals surface area contributed by atoms with Gasteiger partial charge in [-0.1, -0.05) is 60.0 Å². The first-order valence-corrected chi connectivity index (χ1v) is 8.70. The first-order valence-electron chi connectivity index (χ1n) is 8.70. The number of esters is 2. The third-order valence-corrected chi connectivity index (χ3v) is 4.75. The predicted molar refractivity (Wildman–Crippen MR) is 103 cm³/mol. The second-order valence-corrected chi connectivity index (χ2v) is 6.24. The lowest BCUT2D eigenvalue weighted by molar-refractivity contribution is 0.0553. The molecular formula is C24H16O4. The van der Waals surface area contributed by atoms with Crippen molar-refractivity contribution in [3.63, 3.8) is 0 Å². The molecule has 0 fully saturated rings. The average molecular weight is 368 g/mol. The maximum atomic E-state index is 12.8. The number of hydrogen-bond acceptors (Lipinski definition) is 4. The van der Waals surface area contributed by atoms with E-state index in [1.165, 1.54) is 14.2 Å². The van der Waals surface area contributed by atoms with E-state index in [1.54, 1.807) is 0 Å². The van der Waals surface area contributed by atoms with Crippen molar-refractivity contribution in [1.29, 1.82) is 0 Å². The molecule has 0 saturated heterocycles. The number of carbonyl (C=O) groups excluding carboxylic acids is 2. The molecule has 0 aliphatic heterocycles. The van der Waals surface area contributed by atoms with Crippen molar-refractivity contribution < 1.29 is 19.1 Å². The van der Waals surface area contributed by atoms with Gasteiger partial charge in [0, 0.05) is 10.4 Å². The normalized spacial score (nSPS) is 10.8. The van der Waals surface area contributed by atoms with E-state index in [2.05, 4.69) is 11.5 Å². The summed E-state index contributed by atoms with van der Waals surface area (Å²) in [6.07, 6.45) is 0. The first kappa shape index (κ1) is 17.6. The van der Waals surface area contributed by atoms with E-state index in [9.17, 15) is 9.59 Å². The second-order valence-electron chi connectivity index (χ2n) is 6.24. The molecule has 2 bridgehead atoms. The smallest absolute Gasteiger partial charge is 0.339 e. The Morgan fingerprint density at radius 2 is 1.00 bits per heavy atom. The second kappa shape index (κ2) is 7.05. The lowest BCUT2D eigenvalue weighted by Gasteiger charge is -2.09. The highest BCUT2D eigenvalue weighted by Gasteiger charge is 2.22. The number of benzene rings is 3. The zero-order valence-corrected chi connectivity index (χ0v) is 15.4. The van der Waals surface area contributed by atoms with Crippen molar-refractivity contribution in [2.75, 3.05) is 14.2 Å². The molecule has 5 rings (SSSR count). The fourth-order valence-corrected chi connectivity index (χ4v) is 3.47. The molecular weight excluding hydrogens is 352 g/mol. The summed E-state index contributed by atoms with van der Waals surface area (Å²) in [6.45, 7) is 0. The Balaban J connectivity index is 2.57. The van der Waals surface area contributed by atoms with Crippen molar-refractivity contribution in [3.05, 3.63) is 103 Å². The monoisotopic (exact) mass is 368 g/mol. The van der Waals surface area contributed by atoms with Gasteiger partial charge in [-0.15, -0.1) is 0 Å². The Morgan fingerprint density at radius 1 is 0.607 bits per heavy atom. The van der Waals surface area contributed by atoms with Crippen molar-refractivity contribution in [2.45, 2.75) is 0 Å². The van der Waals surface area contributed by atoms with Crippen LogP contribution in [0.4, 0.5) is 0 Å². The van der Waals surface area contributed by atoms with Gasteiger partial charge in [0.1, 0.15) is 0 Å². The molecule has 136 valence electrons. The molecule has 3 aromatic rings. The SMILES string of the molecule is COC(=O)c1c(C(=O)OC)c2ccc1=c1ccccc1=C=C=c1ccccc1=2. The standard InChI is InChI=1S/C24H16O4/c1-27-23(25)21-19-13-14-20(22(21)24(26)28-2)18-10-6-4-8-16(18)12-11-15-7-3-5-9-17(15)19/h3-10,13-14H,1-2H3. The minimum atomic E-state index is -0.599. The highest BCUT2D eigenvalue weighted by atomic mass is 16.5. The number of rotatable bonds is 2. The molecule has 0 aromatic heterocycles. The Kier molecular flexibility index (Phi) is 4.42. The zero-order valence-electron chi connectivity index (χ0n) is 15.4. The van der Waals surface area contributed by atoms with Gasteiger partial charge < -0.3 is 9.47 Å². The molecule has 0 radical (unpaired) electrons. The van der Waals surface area contributed by atoms with E-state index in [4.69, 9.17) is 9.47 Å². The Bertz CT molecular complexity index is 1370. The van der Waals surface area contributed by atoms with E-state index in [0.717, 1.165) is 20.9 Å². The number of hydrogen-bond donors (Lipinski definition) is 0. The van der Waals surface area contributed by atoms with Crippen LogP contribution in [0.25, 0.3) is 11.5 Å². The highest BCUT2D eigenvalue weighted by molar-refractivity contribution is 6.03. The number of carbonyl (C=O) groups is 2. The minimum absolute atomic E-state index is 0.179. The zero-order chi connectivity index (χ0) is 19.7. The van der Waals surface area contributed by atoms with Crippen LogP contribution in [0.5, 0.6) is 0 Å². The van der Waals surface area contributed by atoms with Crippen molar-refractivity contribution >= 4 is 23.4 Å². The molecule has 2 aliphatic carbocycles. The van der Waals surface area contributed by atoms with E-state index in [1.807, 2.05) is 60.7 Å². The first-order chi connectivity index (χ1) is 13.7. The van der Waals surface area contributed by atoms with Gasteiger partial charge in [0.15, 0.2) is 0 Å². The molecule has 0 heterocycles. The van der Waals surface area contributed by atoms with Gasteiger partial charge in [-0.25, -0.2) is 9.59 Å². The summed E-state index contributed by atoms with van der Waals surface area (Å²) in [4.78, 5) is 25.6. The number of methoxy groups -OCH3 is 2. The van der Waals surface area contributed by atoms with E-state index >= 15 is 0 Å². The minimum Gasteiger partial charge on any atom is -0.465 e. The maximum absolute atomic E-state index is 12.8. The fraction of sp³-hybridized carbons (Fsp3) is 0.0833. The summed E-state index contributed by atoms with van der Waals surface area (Å²) in [6, 6.07) is 18.7. The topological polar surface area (TPSA) is 52.6 Å². The van der Waals surface area contributed by atoms with Crippen molar-refractivity contribution in [1.82, 2.24) is 0 Å². The predicted octanol–water partition coefficient (Wildman–Crippen LogP) is 2.16. The third-order valence-electron chi connectivity index (χ3n) is 4.75. The summed E-state index contributed by atoms with van der Waals surface area (Å²) in [5, 5.41) is 4.19. The number of ether oxygens (including phenoxy) is 2. The van der Waals surface area contributed by atoms with Gasteiger partial charge >= 0.3 is 11.9 Å². The van der Waals surface area contributed by atoms with Gasteiger partial charge in [-0.3, -0.25) is 0 Å². The van der Waals surface area contributed by atoms with Crippen molar-refractivity contribution in [2.24, 2.45) is 0 Å². The molecule has 0 spiro atoms. The van der Waals surface area contributed by atoms with Crippen LogP contribution >= 0.6 is 0 Å². The molecule has 0 saturated carbocycles. The Labute approximate surface area is 160 Å². The van der Waals surface area contributed by atoms with Crippen molar-refractivity contribution in [3.8, 4) is 0 Å². The van der Waals surface area contributed by atoms with Crippen LogP contribution in [0.1, 0.15) is 20.7 Å². The summed E-state index contributed by atoms with van der Waals surface area (Å²) in [7, 11) is 2.59. The van der Waals surface area contributed by atoms with Gasteiger partial charge in [-0.2, -0.15) is 0 Å². The molecule has 0 atom stereocenters. The molecule has 3 aromatic carbocycles. The molecule has 4 nitrogen and oxygen atoms in total. The average Bonchev–Trinajstić information content (AvgIpc) is 2.76. The van der Waals surface area contributed by atoms with Crippen LogP contribution in [0.2, 0.25) is 0 Å². The summed E-state index contributed by atoms with van der Waals surface area (Å²) < 4.78 is 10.1. The third kappa shape index (κ3) is 2.74. The van der Waals surface area contributed by atoms with Crippen LogP contribution in [-0.4, -0.2) is 26.2 Å². The van der Waals surface area contributed by atoms with Crippen LogP contribution in [0.15, 0.2) is 60.7 Å². The van der Waals surface area contributed by atoms with Gasteiger partial charge in [0.05, 0.1) is 25.3 Å². The van der Waals surface area contributed by atoms with Gasteiger partial charge in [0.25, 0.3) is 0 Å².